The molecule has 1 aliphatic heterocycles. The Morgan fingerprint density at radius 3 is 3.06 bits per heavy atom. The molecule has 17 heavy (non-hydrogen) atoms. The van der Waals surface area contributed by atoms with Crippen molar-refractivity contribution in [2.24, 2.45) is 0 Å². The molecule has 1 fully saturated rings. The number of hydrogen-bond donors (Lipinski definition) is 1. The van der Waals surface area contributed by atoms with Crippen LogP contribution < -0.4 is 5.32 Å². The summed E-state index contributed by atoms with van der Waals surface area (Å²) >= 11 is 0. The lowest BCUT2D eigenvalue weighted by Gasteiger charge is -2.23. The van der Waals surface area contributed by atoms with Gasteiger partial charge in [0.2, 0.25) is 0 Å². The molecule has 0 aliphatic carbocycles. The van der Waals surface area contributed by atoms with Crippen LogP contribution in [-0.2, 0) is 4.74 Å². The number of hydrogen-bond acceptors (Lipinski definition) is 3. The summed E-state index contributed by atoms with van der Waals surface area (Å²) in [5, 5.41) is 3.46. The first kappa shape index (κ1) is 12.4. The van der Waals surface area contributed by atoms with Crippen molar-refractivity contribution in [2.75, 3.05) is 38.7 Å². The van der Waals surface area contributed by atoms with Crippen molar-refractivity contribution in [3.05, 3.63) is 29.8 Å². The molecule has 1 aromatic rings. The lowest BCUT2D eigenvalue weighted by Crippen LogP contribution is -2.35. The number of nitrogens with one attached hydrogen (secondary N) is 1. The van der Waals surface area contributed by atoms with Crippen molar-refractivity contribution < 1.29 is 4.74 Å². The van der Waals surface area contributed by atoms with Gasteiger partial charge in [0, 0.05) is 31.4 Å². The van der Waals surface area contributed by atoms with E-state index in [0.717, 1.165) is 26.3 Å². The van der Waals surface area contributed by atoms with E-state index in [4.69, 9.17) is 4.74 Å². The fraction of sp³-hybridized carbons (Fsp3) is 0.571. The van der Waals surface area contributed by atoms with Crippen LogP contribution >= 0.6 is 0 Å². The molecule has 0 bridgehead atoms. The van der Waals surface area contributed by atoms with Gasteiger partial charge in [0.05, 0.1) is 6.61 Å². The average molecular weight is 234 g/mol. The molecule has 0 radical (unpaired) electrons. The van der Waals surface area contributed by atoms with Gasteiger partial charge in [-0.2, -0.15) is 0 Å². The van der Waals surface area contributed by atoms with E-state index < -0.39 is 0 Å². The fourth-order valence-corrected chi connectivity index (χ4v) is 2.18. The number of likely N-dealkylation sites (N-methyl/N-ethyl adjacent to an activating group) is 1. The highest BCUT2D eigenvalue weighted by Crippen LogP contribution is 2.11. The Balaban J connectivity index is 1.71. The summed E-state index contributed by atoms with van der Waals surface area (Å²) in [6.07, 6.45) is 1.17. The molecule has 0 saturated carbocycles. The second kappa shape index (κ2) is 6.03. The summed E-state index contributed by atoms with van der Waals surface area (Å²) in [6, 6.07) is 9.11. The van der Waals surface area contributed by atoms with Crippen LogP contribution in [0.25, 0.3) is 0 Å². The maximum Gasteiger partial charge on any atom is 0.0622 e. The number of aryl methyl sites for hydroxylation is 1. The van der Waals surface area contributed by atoms with Crippen LogP contribution in [0, 0.1) is 6.92 Å². The molecule has 1 heterocycles. The Hall–Kier alpha value is -1.06. The lowest BCUT2D eigenvalue weighted by atomic mass is 10.2. The first-order valence-electron chi connectivity index (χ1n) is 6.34. The maximum atomic E-state index is 5.40. The van der Waals surface area contributed by atoms with Crippen LogP contribution in [0.3, 0.4) is 0 Å². The summed E-state index contributed by atoms with van der Waals surface area (Å²) in [6.45, 7) is 5.97. The summed E-state index contributed by atoms with van der Waals surface area (Å²) in [5.74, 6) is 0. The third-order valence-corrected chi connectivity index (χ3v) is 3.34. The summed E-state index contributed by atoms with van der Waals surface area (Å²) < 4.78 is 5.40. The number of nitrogens with zero attached hydrogens (tertiary/aromatic N) is 1. The second-order valence-electron chi connectivity index (χ2n) is 4.79. The summed E-state index contributed by atoms with van der Waals surface area (Å²) in [5.41, 5.74) is 2.51. The van der Waals surface area contributed by atoms with Crippen LogP contribution in [0.15, 0.2) is 24.3 Å². The minimum absolute atomic E-state index is 0.606. The van der Waals surface area contributed by atoms with Crippen molar-refractivity contribution in [1.82, 2.24) is 4.90 Å². The predicted molar refractivity (Wildman–Crippen MR) is 71.5 cm³/mol. The van der Waals surface area contributed by atoms with Crippen LogP contribution in [0.1, 0.15) is 12.0 Å². The molecule has 0 spiro atoms. The Bertz CT molecular complexity index is 348. The molecule has 3 nitrogen and oxygen atoms in total. The quantitative estimate of drug-likeness (QED) is 0.844. The standard InChI is InChI=1S/C14H22N2O/c1-12-4-3-5-13(10-12)15-7-8-16(2)14-6-9-17-11-14/h3-5,10,14-15H,6-9,11H2,1-2H3. The first-order chi connectivity index (χ1) is 8.25. The topological polar surface area (TPSA) is 24.5 Å². The van der Waals surface area contributed by atoms with Crippen molar-refractivity contribution in [3.63, 3.8) is 0 Å². The van der Waals surface area contributed by atoms with Crippen LogP contribution in [-0.4, -0.2) is 44.3 Å². The van der Waals surface area contributed by atoms with Crippen molar-refractivity contribution >= 4 is 5.69 Å². The summed E-state index contributed by atoms with van der Waals surface area (Å²) in [7, 11) is 2.18. The Labute approximate surface area is 104 Å². The maximum absolute atomic E-state index is 5.40. The third-order valence-electron chi connectivity index (χ3n) is 3.34. The van der Waals surface area contributed by atoms with E-state index in [2.05, 4.69) is 48.5 Å². The molecule has 1 saturated heterocycles. The molecule has 1 aliphatic rings. The zero-order valence-electron chi connectivity index (χ0n) is 10.8. The first-order valence-corrected chi connectivity index (χ1v) is 6.34. The van der Waals surface area contributed by atoms with Gasteiger partial charge in [0.1, 0.15) is 0 Å². The predicted octanol–water partition coefficient (Wildman–Crippen LogP) is 2.13. The van der Waals surface area contributed by atoms with Gasteiger partial charge in [0.15, 0.2) is 0 Å². The smallest absolute Gasteiger partial charge is 0.0622 e. The largest absolute Gasteiger partial charge is 0.384 e. The van der Waals surface area contributed by atoms with E-state index in [1.54, 1.807) is 0 Å². The molecular formula is C14H22N2O. The van der Waals surface area contributed by atoms with Gasteiger partial charge >= 0.3 is 0 Å². The highest BCUT2D eigenvalue weighted by atomic mass is 16.5. The highest BCUT2D eigenvalue weighted by Gasteiger charge is 2.19. The van der Waals surface area contributed by atoms with E-state index in [0.29, 0.717) is 6.04 Å². The SMILES string of the molecule is Cc1cccc(NCCN(C)C2CCOC2)c1. The van der Waals surface area contributed by atoms with E-state index in [1.165, 1.54) is 17.7 Å². The van der Waals surface area contributed by atoms with Gasteiger partial charge in [-0.1, -0.05) is 12.1 Å². The van der Waals surface area contributed by atoms with Crippen molar-refractivity contribution in [1.29, 1.82) is 0 Å². The van der Waals surface area contributed by atoms with Crippen molar-refractivity contribution in [3.8, 4) is 0 Å². The van der Waals surface area contributed by atoms with E-state index in [-0.39, 0.29) is 0 Å². The monoisotopic (exact) mass is 234 g/mol. The molecule has 1 unspecified atom stereocenters. The highest BCUT2D eigenvalue weighted by molar-refractivity contribution is 5.45. The molecule has 1 aromatic carbocycles. The molecule has 0 aromatic heterocycles. The van der Waals surface area contributed by atoms with Crippen LogP contribution in [0.5, 0.6) is 0 Å². The van der Waals surface area contributed by atoms with Crippen LogP contribution in [0.4, 0.5) is 5.69 Å². The molecule has 3 heteroatoms. The van der Waals surface area contributed by atoms with Gasteiger partial charge in [-0.3, -0.25) is 4.90 Å². The zero-order chi connectivity index (χ0) is 12.1. The molecule has 1 N–H and O–H groups in total. The molecule has 2 rings (SSSR count). The summed E-state index contributed by atoms with van der Waals surface area (Å²) in [4.78, 5) is 2.38. The average Bonchev–Trinajstić information content (AvgIpc) is 2.82. The molecular weight excluding hydrogens is 212 g/mol. The molecule has 94 valence electrons. The fourth-order valence-electron chi connectivity index (χ4n) is 2.18. The zero-order valence-corrected chi connectivity index (χ0v) is 10.8. The lowest BCUT2D eigenvalue weighted by molar-refractivity contribution is 0.161. The molecule has 1 atom stereocenters. The Morgan fingerprint density at radius 1 is 1.47 bits per heavy atom. The van der Waals surface area contributed by atoms with Gasteiger partial charge in [-0.15, -0.1) is 0 Å². The van der Waals surface area contributed by atoms with Gasteiger partial charge in [-0.05, 0) is 38.1 Å². The van der Waals surface area contributed by atoms with E-state index in [9.17, 15) is 0 Å². The van der Waals surface area contributed by atoms with Gasteiger partial charge < -0.3 is 10.1 Å². The van der Waals surface area contributed by atoms with Crippen LogP contribution in [0.2, 0.25) is 0 Å². The minimum Gasteiger partial charge on any atom is -0.384 e. The normalized spacial score (nSPS) is 19.8. The van der Waals surface area contributed by atoms with E-state index >= 15 is 0 Å². The Kier molecular flexibility index (Phi) is 4.40. The second-order valence-corrected chi connectivity index (χ2v) is 4.79. The third kappa shape index (κ3) is 3.72. The minimum atomic E-state index is 0.606. The number of benzene rings is 1. The Morgan fingerprint density at radius 2 is 2.35 bits per heavy atom. The number of rotatable bonds is 5. The van der Waals surface area contributed by atoms with E-state index in [1.807, 2.05) is 0 Å². The van der Waals surface area contributed by atoms with Gasteiger partial charge in [-0.25, -0.2) is 0 Å². The number of ether oxygens (including phenoxy) is 1. The van der Waals surface area contributed by atoms with Gasteiger partial charge in [0.25, 0.3) is 0 Å². The van der Waals surface area contributed by atoms with Crippen molar-refractivity contribution in [2.45, 2.75) is 19.4 Å². The molecule has 0 amide bonds. The number of anilines is 1.